The zero-order valence-electron chi connectivity index (χ0n) is 15.5. The first-order valence-electron chi connectivity index (χ1n) is 8.85. The summed E-state index contributed by atoms with van der Waals surface area (Å²) in [5.74, 6) is 1.25. The molecule has 0 bridgehead atoms. The Morgan fingerprint density at radius 3 is 2.55 bits per heavy atom. The lowest BCUT2D eigenvalue weighted by Gasteiger charge is -2.37. The van der Waals surface area contributed by atoms with Crippen LogP contribution in [0.25, 0.3) is 11.3 Å². The van der Waals surface area contributed by atoms with Crippen molar-refractivity contribution in [2.75, 3.05) is 12.0 Å². The van der Waals surface area contributed by atoms with Gasteiger partial charge < -0.3 is 19.4 Å². The normalized spacial score (nSPS) is 16.4. The summed E-state index contributed by atoms with van der Waals surface area (Å²) in [6.07, 6.45) is -0.694. The van der Waals surface area contributed by atoms with Crippen molar-refractivity contribution in [3.63, 3.8) is 0 Å². The number of nitrogens with zero attached hydrogens (tertiary/aromatic N) is 2. The van der Waals surface area contributed by atoms with Crippen LogP contribution in [0.2, 0.25) is 0 Å². The number of amides is 1. The second-order valence-electron chi connectivity index (χ2n) is 6.30. The molecule has 1 atom stereocenters. The lowest BCUT2D eigenvalue weighted by molar-refractivity contribution is -0.118. The fourth-order valence-corrected chi connectivity index (χ4v) is 3.62. The number of thiol groups is 1. The van der Waals surface area contributed by atoms with E-state index < -0.39 is 12.1 Å². The average molecular weight is 403 g/mol. The van der Waals surface area contributed by atoms with Gasteiger partial charge in [0, 0.05) is 5.56 Å². The van der Waals surface area contributed by atoms with Crippen LogP contribution in [0.5, 0.6) is 5.75 Å². The van der Waals surface area contributed by atoms with Crippen LogP contribution in [-0.2, 0) is 4.79 Å². The summed E-state index contributed by atoms with van der Waals surface area (Å²) in [6, 6.07) is 22.5. The molecule has 1 amide bonds. The van der Waals surface area contributed by atoms with E-state index in [4.69, 9.17) is 9.15 Å². The van der Waals surface area contributed by atoms with E-state index >= 15 is 0 Å². The van der Waals surface area contributed by atoms with Crippen LogP contribution in [0.1, 0.15) is 11.9 Å². The van der Waals surface area contributed by atoms with Gasteiger partial charge in [-0.05, 0) is 24.3 Å². The van der Waals surface area contributed by atoms with Crippen LogP contribution in [0.3, 0.4) is 0 Å². The Labute approximate surface area is 173 Å². The van der Waals surface area contributed by atoms with Crippen LogP contribution in [0, 0.1) is 11.3 Å². The van der Waals surface area contributed by atoms with E-state index in [-0.39, 0.29) is 10.6 Å². The van der Waals surface area contributed by atoms with Crippen molar-refractivity contribution in [1.29, 1.82) is 5.26 Å². The van der Waals surface area contributed by atoms with Gasteiger partial charge in [0.1, 0.15) is 28.9 Å². The average Bonchev–Trinajstić information content (AvgIpc) is 3.24. The number of benzene rings is 2. The molecule has 7 heteroatoms. The number of carbonyl (C=O) groups excluding carboxylic acids is 1. The van der Waals surface area contributed by atoms with Crippen molar-refractivity contribution in [2.24, 2.45) is 0 Å². The summed E-state index contributed by atoms with van der Waals surface area (Å²) in [7, 11) is 1.56. The Morgan fingerprint density at radius 1 is 1.10 bits per heavy atom. The molecule has 2 aromatic carbocycles. The van der Waals surface area contributed by atoms with Crippen molar-refractivity contribution in [3.8, 4) is 23.1 Å². The number of furan rings is 1. The van der Waals surface area contributed by atoms with Gasteiger partial charge in [0.05, 0.1) is 17.8 Å². The van der Waals surface area contributed by atoms with E-state index in [9.17, 15) is 10.1 Å². The van der Waals surface area contributed by atoms with Crippen LogP contribution < -0.4 is 15.0 Å². The standard InChI is InChI=1S/C22H17N3O3S/c1-27-18-10-6-5-9-16(18)25-20(24-21(26)15(13-23)22(25)29)19-12-11-17(28-19)14-7-3-2-4-8-14/h2-12,20,29H,1H3,(H,24,26). The van der Waals surface area contributed by atoms with E-state index in [2.05, 4.69) is 17.9 Å². The second kappa shape index (κ2) is 7.78. The van der Waals surface area contributed by atoms with Gasteiger partial charge in [-0.25, -0.2) is 0 Å². The number of rotatable bonds is 4. The third-order valence-corrected chi connectivity index (χ3v) is 5.06. The zero-order valence-corrected chi connectivity index (χ0v) is 16.4. The van der Waals surface area contributed by atoms with Crippen LogP contribution in [-0.4, -0.2) is 13.0 Å². The number of methoxy groups -OCH3 is 1. The molecule has 1 N–H and O–H groups in total. The SMILES string of the molecule is COc1ccccc1N1C(S)=C(C#N)C(=O)NC1c1ccc(-c2ccccc2)o1. The minimum Gasteiger partial charge on any atom is -0.495 e. The summed E-state index contributed by atoms with van der Waals surface area (Å²) in [6.45, 7) is 0. The molecule has 1 aliphatic rings. The monoisotopic (exact) mass is 403 g/mol. The number of nitrogens with one attached hydrogen (secondary N) is 1. The number of ether oxygens (including phenoxy) is 1. The highest BCUT2D eigenvalue weighted by Gasteiger charge is 2.37. The molecule has 0 fully saturated rings. The number of anilines is 1. The summed E-state index contributed by atoms with van der Waals surface area (Å²) in [5, 5.41) is 12.5. The fourth-order valence-electron chi connectivity index (χ4n) is 3.24. The lowest BCUT2D eigenvalue weighted by Crippen LogP contribution is -2.46. The molecule has 0 saturated carbocycles. The molecule has 1 aromatic heterocycles. The first kappa shape index (κ1) is 18.7. The Bertz CT molecular complexity index is 1130. The molecule has 3 aromatic rings. The molecule has 0 aliphatic carbocycles. The smallest absolute Gasteiger partial charge is 0.266 e. The highest BCUT2D eigenvalue weighted by Crippen LogP contribution is 2.41. The molecule has 2 heterocycles. The topological polar surface area (TPSA) is 78.5 Å². The maximum atomic E-state index is 12.5. The first-order chi connectivity index (χ1) is 14.1. The summed E-state index contributed by atoms with van der Waals surface area (Å²) >= 11 is 4.50. The fraction of sp³-hybridized carbons (Fsp3) is 0.0909. The van der Waals surface area contributed by atoms with E-state index in [1.54, 1.807) is 24.1 Å². The van der Waals surface area contributed by atoms with Gasteiger partial charge in [0.25, 0.3) is 5.91 Å². The Morgan fingerprint density at radius 2 is 1.83 bits per heavy atom. The number of hydrogen-bond donors (Lipinski definition) is 2. The predicted molar refractivity (Wildman–Crippen MR) is 112 cm³/mol. The van der Waals surface area contributed by atoms with Gasteiger partial charge in [0.2, 0.25) is 0 Å². The summed E-state index contributed by atoms with van der Waals surface area (Å²) in [5.41, 5.74) is 1.49. The van der Waals surface area contributed by atoms with Crippen LogP contribution in [0.4, 0.5) is 5.69 Å². The zero-order chi connectivity index (χ0) is 20.4. The molecule has 144 valence electrons. The van der Waals surface area contributed by atoms with Crippen molar-refractivity contribution in [2.45, 2.75) is 6.17 Å². The van der Waals surface area contributed by atoms with Crippen molar-refractivity contribution >= 4 is 24.2 Å². The summed E-state index contributed by atoms with van der Waals surface area (Å²) in [4.78, 5) is 14.2. The Kier molecular flexibility index (Phi) is 5.02. The van der Waals surface area contributed by atoms with Crippen molar-refractivity contribution < 1.29 is 13.9 Å². The number of nitriles is 1. The summed E-state index contributed by atoms with van der Waals surface area (Å²) < 4.78 is 11.5. The highest BCUT2D eigenvalue weighted by atomic mass is 32.1. The van der Waals surface area contributed by atoms with Gasteiger partial charge in [-0.2, -0.15) is 5.26 Å². The number of para-hydroxylation sites is 2. The molecule has 1 unspecified atom stereocenters. The van der Waals surface area contributed by atoms with Gasteiger partial charge in [-0.1, -0.05) is 42.5 Å². The Balaban J connectivity index is 1.83. The third-order valence-electron chi connectivity index (χ3n) is 4.62. The molecule has 4 rings (SSSR count). The van der Waals surface area contributed by atoms with Crippen molar-refractivity contribution in [3.05, 3.63) is 83.1 Å². The molecule has 29 heavy (non-hydrogen) atoms. The molecule has 0 radical (unpaired) electrons. The van der Waals surface area contributed by atoms with Gasteiger partial charge in [0.15, 0.2) is 6.17 Å². The van der Waals surface area contributed by atoms with Gasteiger partial charge >= 0.3 is 0 Å². The maximum Gasteiger partial charge on any atom is 0.266 e. The number of hydrogen-bond acceptors (Lipinski definition) is 6. The number of carbonyl (C=O) groups is 1. The largest absolute Gasteiger partial charge is 0.495 e. The lowest BCUT2D eigenvalue weighted by atomic mass is 10.1. The van der Waals surface area contributed by atoms with Crippen molar-refractivity contribution in [1.82, 2.24) is 5.32 Å². The van der Waals surface area contributed by atoms with Crippen LogP contribution in [0.15, 0.2) is 81.7 Å². The molecule has 6 nitrogen and oxygen atoms in total. The predicted octanol–water partition coefficient (Wildman–Crippen LogP) is 4.26. The third kappa shape index (κ3) is 3.35. The molecular formula is C22H17N3O3S. The molecule has 0 saturated heterocycles. The quantitative estimate of drug-likeness (QED) is 0.637. The first-order valence-corrected chi connectivity index (χ1v) is 9.30. The molecular weight excluding hydrogens is 386 g/mol. The minimum absolute atomic E-state index is 0.0784. The van der Waals surface area contributed by atoms with E-state index in [1.165, 1.54) is 0 Å². The Hall–Kier alpha value is -3.63. The van der Waals surface area contributed by atoms with E-state index in [1.807, 2.05) is 60.7 Å². The van der Waals surface area contributed by atoms with Gasteiger partial charge in [-0.15, -0.1) is 12.6 Å². The highest BCUT2D eigenvalue weighted by molar-refractivity contribution is 7.84. The molecule has 1 aliphatic heterocycles. The minimum atomic E-state index is -0.694. The van der Waals surface area contributed by atoms with Gasteiger partial charge in [-0.3, -0.25) is 4.79 Å². The van der Waals surface area contributed by atoms with E-state index in [0.29, 0.717) is 23.0 Å². The van der Waals surface area contributed by atoms with E-state index in [0.717, 1.165) is 5.56 Å². The second-order valence-corrected chi connectivity index (χ2v) is 6.72. The molecule has 0 spiro atoms. The van der Waals surface area contributed by atoms with Crippen LogP contribution >= 0.6 is 12.6 Å². The maximum absolute atomic E-state index is 12.5.